The molecule has 92 valence electrons. The lowest BCUT2D eigenvalue weighted by Gasteiger charge is -2.05. The molecule has 18 heavy (non-hydrogen) atoms. The number of benzene rings is 1. The molecular weight excluding hydrogens is 248 g/mol. The smallest absolute Gasteiger partial charge is 0.248 e. The number of hydrogen-bond acceptors (Lipinski definition) is 5. The van der Waals surface area contributed by atoms with Gasteiger partial charge in [0.2, 0.25) is 5.91 Å². The van der Waals surface area contributed by atoms with Crippen LogP contribution in [-0.2, 0) is 0 Å². The van der Waals surface area contributed by atoms with Crippen molar-refractivity contribution in [1.82, 2.24) is 9.97 Å². The zero-order valence-corrected chi connectivity index (χ0v) is 10.6. The maximum atomic E-state index is 11.0. The van der Waals surface area contributed by atoms with Gasteiger partial charge in [-0.15, -0.1) is 0 Å². The van der Waals surface area contributed by atoms with Crippen LogP contribution >= 0.6 is 11.8 Å². The second-order valence-corrected chi connectivity index (χ2v) is 4.71. The molecule has 0 atom stereocenters. The highest BCUT2D eigenvalue weighted by atomic mass is 32.2. The molecule has 0 aliphatic heterocycles. The fourth-order valence-corrected chi connectivity index (χ4v) is 2.18. The maximum Gasteiger partial charge on any atom is 0.248 e. The van der Waals surface area contributed by atoms with Gasteiger partial charge in [-0.05, 0) is 43.0 Å². The monoisotopic (exact) mass is 260 g/mol. The van der Waals surface area contributed by atoms with Gasteiger partial charge < -0.3 is 11.5 Å². The number of carbonyl (C=O) groups is 1. The summed E-state index contributed by atoms with van der Waals surface area (Å²) in [5.74, 6) is -0.495. The lowest BCUT2D eigenvalue weighted by Crippen LogP contribution is -2.11. The van der Waals surface area contributed by atoms with Crippen molar-refractivity contribution >= 4 is 23.4 Å². The molecule has 0 aliphatic rings. The molecular formula is C12H12N4OS. The van der Waals surface area contributed by atoms with Gasteiger partial charge in [0, 0.05) is 28.0 Å². The topological polar surface area (TPSA) is 94.9 Å². The van der Waals surface area contributed by atoms with Crippen LogP contribution in [-0.4, -0.2) is 15.9 Å². The van der Waals surface area contributed by atoms with E-state index >= 15 is 0 Å². The van der Waals surface area contributed by atoms with Gasteiger partial charge in [-0.3, -0.25) is 4.79 Å². The van der Waals surface area contributed by atoms with E-state index in [1.807, 2.05) is 13.0 Å². The summed E-state index contributed by atoms with van der Waals surface area (Å²) < 4.78 is 0. The first-order valence-electron chi connectivity index (χ1n) is 5.23. The van der Waals surface area contributed by atoms with Gasteiger partial charge in [0.15, 0.2) is 5.16 Å². The van der Waals surface area contributed by atoms with Crippen molar-refractivity contribution in [3.63, 3.8) is 0 Å². The lowest BCUT2D eigenvalue weighted by atomic mass is 10.2. The van der Waals surface area contributed by atoms with Crippen LogP contribution in [0.15, 0.2) is 40.5 Å². The summed E-state index contributed by atoms with van der Waals surface area (Å²) in [4.78, 5) is 20.2. The molecule has 0 unspecified atom stereocenters. The molecule has 5 nitrogen and oxygen atoms in total. The van der Waals surface area contributed by atoms with Crippen LogP contribution in [0.25, 0.3) is 0 Å². The zero-order valence-electron chi connectivity index (χ0n) is 9.75. The minimum Gasteiger partial charge on any atom is -0.398 e. The summed E-state index contributed by atoms with van der Waals surface area (Å²) in [5, 5.41) is 0.619. The number of hydrogen-bond donors (Lipinski definition) is 2. The van der Waals surface area contributed by atoms with Crippen LogP contribution in [0.1, 0.15) is 16.1 Å². The van der Waals surface area contributed by atoms with Crippen LogP contribution in [0.2, 0.25) is 0 Å². The van der Waals surface area contributed by atoms with Crippen LogP contribution in [0.5, 0.6) is 0 Å². The first kappa shape index (κ1) is 12.4. The van der Waals surface area contributed by atoms with E-state index in [9.17, 15) is 4.79 Å². The predicted molar refractivity (Wildman–Crippen MR) is 70.3 cm³/mol. The molecule has 0 aliphatic carbocycles. The Labute approximate surface area is 109 Å². The van der Waals surface area contributed by atoms with Crippen molar-refractivity contribution in [2.75, 3.05) is 5.73 Å². The number of carbonyl (C=O) groups excluding carboxylic acids is 1. The molecule has 1 aromatic carbocycles. The van der Waals surface area contributed by atoms with Crippen LogP contribution in [0.3, 0.4) is 0 Å². The van der Waals surface area contributed by atoms with Gasteiger partial charge in [-0.25, -0.2) is 9.97 Å². The fraction of sp³-hybridized carbons (Fsp3) is 0.0833. The molecule has 4 N–H and O–H groups in total. The number of aryl methyl sites for hydroxylation is 1. The van der Waals surface area contributed by atoms with E-state index in [4.69, 9.17) is 11.5 Å². The molecule has 1 heterocycles. The Bertz CT molecular complexity index is 600. The third-order valence-electron chi connectivity index (χ3n) is 2.27. The Morgan fingerprint density at radius 3 is 2.72 bits per heavy atom. The van der Waals surface area contributed by atoms with Crippen molar-refractivity contribution < 1.29 is 4.79 Å². The van der Waals surface area contributed by atoms with E-state index in [1.54, 1.807) is 24.4 Å². The van der Waals surface area contributed by atoms with Gasteiger partial charge in [0.1, 0.15) is 0 Å². The van der Waals surface area contributed by atoms with Crippen LogP contribution in [0.4, 0.5) is 5.69 Å². The van der Waals surface area contributed by atoms with Gasteiger partial charge in [-0.1, -0.05) is 0 Å². The average Bonchev–Trinajstić information content (AvgIpc) is 2.31. The molecule has 0 fully saturated rings. The number of amides is 1. The summed E-state index contributed by atoms with van der Waals surface area (Å²) in [6.45, 7) is 1.89. The van der Waals surface area contributed by atoms with E-state index in [0.717, 1.165) is 10.6 Å². The highest BCUT2D eigenvalue weighted by Crippen LogP contribution is 2.30. The second-order valence-electron chi connectivity index (χ2n) is 3.70. The van der Waals surface area contributed by atoms with Crippen LogP contribution < -0.4 is 11.5 Å². The van der Waals surface area contributed by atoms with Crippen molar-refractivity contribution in [2.45, 2.75) is 17.0 Å². The second kappa shape index (κ2) is 5.05. The minimum absolute atomic E-state index is 0.391. The van der Waals surface area contributed by atoms with E-state index in [0.29, 0.717) is 16.4 Å². The Morgan fingerprint density at radius 2 is 2.11 bits per heavy atom. The number of nitrogens with two attached hydrogens (primary N) is 2. The van der Waals surface area contributed by atoms with Crippen molar-refractivity contribution in [3.8, 4) is 0 Å². The van der Waals surface area contributed by atoms with E-state index in [1.165, 1.54) is 11.8 Å². The molecule has 0 saturated carbocycles. The standard InChI is InChI=1S/C12H12N4OS/c1-7-4-5-15-12(16-7)18-10-3-2-8(11(14)17)6-9(10)13/h2-6H,13H2,1H3,(H2,14,17). The van der Waals surface area contributed by atoms with Crippen molar-refractivity contribution in [2.24, 2.45) is 5.73 Å². The molecule has 6 heteroatoms. The summed E-state index contributed by atoms with van der Waals surface area (Å²) >= 11 is 1.35. The SMILES string of the molecule is Cc1ccnc(Sc2ccc(C(N)=O)cc2N)n1. The van der Waals surface area contributed by atoms with Crippen molar-refractivity contribution in [3.05, 3.63) is 41.7 Å². The number of nitrogens with zero attached hydrogens (tertiary/aromatic N) is 2. The normalized spacial score (nSPS) is 10.3. The highest BCUT2D eigenvalue weighted by molar-refractivity contribution is 7.99. The third-order valence-corrected chi connectivity index (χ3v) is 3.24. The van der Waals surface area contributed by atoms with Gasteiger partial charge in [0.25, 0.3) is 0 Å². The summed E-state index contributed by atoms with van der Waals surface area (Å²) in [6.07, 6.45) is 1.69. The minimum atomic E-state index is -0.495. The first-order chi connectivity index (χ1) is 8.56. The number of anilines is 1. The fourth-order valence-electron chi connectivity index (χ4n) is 1.37. The van der Waals surface area contributed by atoms with Crippen molar-refractivity contribution in [1.29, 1.82) is 0 Å². The Morgan fingerprint density at radius 1 is 1.33 bits per heavy atom. The van der Waals surface area contributed by atoms with Crippen LogP contribution in [0, 0.1) is 6.92 Å². The third kappa shape index (κ3) is 2.78. The Kier molecular flexibility index (Phi) is 3.47. The molecule has 0 spiro atoms. The average molecular weight is 260 g/mol. The molecule has 1 aromatic heterocycles. The summed E-state index contributed by atoms with van der Waals surface area (Å²) in [6, 6.07) is 6.76. The number of nitrogen functional groups attached to an aromatic ring is 1. The molecule has 0 bridgehead atoms. The lowest BCUT2D eigenvalue weighted by molar-refractivity contribution is 0.100. The quantitative estimate of drug-likeness (QED) is 0.646. The Hall–Kier alpha value is -2.08. The predicted octanol–water partition coefficient (Wildman–Crippen LogP) is 1.62. The van der Waals surface area contributed by atoms with Gasteiger partial charge in [0.05, 0.1) is 0 Å². The maximum absolute atomic E-state index is 11.0. The van der Waals surface area contributed by atoms with Gasteiger partial charge in [-0.2, -0.15) is 0 Å². The first-order valence-corrected chi connectivity index (χ1v) is 6.05. The van der Waals surface area contributed by atoms with E-state index in [-0.39, 0.29) is 0 Å². The molecule has 1 amide bonds. The molecule has 0 radical (unpaired) electrons. The summed E-state index contributed by atoms with van der Waals surface area (Å²) in [7, 11) is 0. The molecule has 0 saturated heterocycles. The van der Waals surface area contributed by atoms with Gasteiger partial charge >= 0.3 is 0 Å². The highest BCUT2D eigenvalue weighted by Gasteiger charge is 2.07. The summed E-state index contributed by atoms with van der Waals surface area (Å²) in [5.41, 5.74) is 12.8. The number of aromatic nitrogens is 2. The van der Waals surface area contributed by atoms with E-state index < -0.39 is 5.91 Å². The molecule has 2 rings (SSSR count). The number of primary amides is 1. The van der Waals surface area contributed by atoms with E-state index in [2.05, 4.69) is 9.97 Å². The molecule has 2 aromatic rings. The number of rotatable bonds is 3. The largest absolute Gasteiger partial charge is 0.398 e. The zero-order chi connectivity index (χ0) is 13.1. The Balaban J connectivity index is 2.27.